The van der Waals surface area contributed by atoms with Crippen molar-refractivity contribution in [3.63, 3.8) is 0 Å². The molecular weight excluding hydrogens is 302 g/mol. The van der Waals surface area contributed by atoms with Crippen molar-refractivity contribution in [2.75, 3.05) is 26.9 Å². The van der Waals surface area contributed by atoms with Crippen LogP contribution in [0.25, 0.3) is 0 Å². The SMILES string of the molecule is Cc1nnn(C(CCN(C)C)c2ccc(S(C)(=O)=O)cc2)n1. The van der Waals surface area contributed by atoms with Crippen LogP contribution in [0.5, 0.6) is 0 Å². The van der Waals surface area contributed by atoms with Gasteiger partial charge in [-0.15, -0.1) is 10.2 Å². The fourth-order valence-corrected chi connectivity index (χ4v) is 2.79. The largest absolute Gasteiger partial charge is 0.309 e. The Hall–Kier alpha value is -1.80. The van der Waals surface area contributed by atoms with E-state index in [1.807, 2.05) is 26.2 Å². The fourth-order valence-electron chi connectivity index (χ4n) is 2.16. The van der Waals surface area contributed by atoms with Crippen LogP contribution in [0.3, 0.4) is 0 Å². The number of aromatic nitrogens is 4. The number of hydrogen-bond acceptors (Lipinski definition) is 6. The van der Waals surface area contributed by atoms with E-state index in [1.54, 1.807) is 23.9 Å². The first kappa shape index (κ1) is 16.6. The Labute approximate surface area is 130 Å². The van der Waals surface area contributed by atoms with Gasteiger partial charge in [0, 0.05) is 6.26 Å². The smallest absolute Gasteiger partial charge is 0.175 e. The molecule has 0 aliphatic heterocycles. The second-order valence-corrected chi connectivity index (χ2v) is 7.62. The van der Waals surface area contributed by atoms with E-state index >= 15 is 0 Å². The standard InChI is InChI=1S/C14H21N5O2S/c1-11-15-17-19(16-11)14(9-10-18(2)3)12-5-7-13(8-6-12)22(4,20)21/h5-8,14H,9-10H2,1-4H3. The second kappa shape index (κ2) is 6.53. The minimum atomic E-state index is -3.19. The number of aryl methyl sites for hydroxylation is 1. The van der Waals surface area contributed by atoms with Crippen molar-refractivity contribution in [3.05, 3.63) is 35.7 Å². The third-order valence-corrected chi connectivity index (χ3v) is 4.48. The third kappa shape index (κ3) is 4.11. The molecule has 120 valence electrons. The van der Waals surface area contributed by atoms with Gasteiger partial charge >= 0.3 is 0 Å². The molecule has 1 aromatic carbocycles. The Morgan fingerprint density at radius 3 is 2.32 bits per heavy atom. The third-order valence-electron chi connectivity index (χ3n) is 3.35. The second-order valence-electron chi connectivity index (χ2n) is 5.61. The highest BCUT2D eigenvalue weighted by molar-refractivity contribution is 7.90. The molecule has 2 rings (SSSR count). The molecule has 1 heterocycles. The summed E-state index contributed by atoms with van der Waals surface area (Å²) in [6.45, 7) is 2.65. The van der Waals surface area contributed by atoms with E-state index < -0.39 is 9.84 Å². The van der Waals surface area contributed by atoms with E-state index in [1.165, 1.54) is 6.26 Å². The Kier molecular flexibility index (Phi) is 4.92. The molecule has 0 saturated carbocycles. The minimum absolute atomic E-state index is 0.0720. The van der Waals surface area contributed by atoms with Crippen LogP contribution in [-0.4, -0.2) is 60.4 Å². The molecule has 22 heavy (non-hydrogen) atoms. The lowest BCUT2D eigenvalue weighted by Gasteiger charge is -2.18. The van der Waals surface area contributed by atoms with Crippen molar-refractivity contribution in [1.82, 2.24) is 25.1 Å². The normalized spacial score (nSPS) is 13.5. The van der Waals surface area contributed by atoms with E-state index in [2.05, 4.69) is 20.3 Å². The minimum Gasteiger partial charge on any atom is -0.309 e. The summed E-state index contributed by atoms with van der Waals surface area (Å²) in [6, 6.07) is 6.80. The van der Waals surface area contributed by atoms with Crippen molar-refractivity contribution >= 4 is 9.84 Å². The number of sulfone groups is 1. The molecule has 0 radical (unpaired) electrons. The van der Waals surface area contributed by atoms with Crippen LogP contribution >= 0.6 is 0 Å². The van der Waals surface area contributed by atoms with E-state index in [9.17, 15) is 8.42 Å². The summed E-state index contributed by atoms with van der Waals surface area (Å²) in [5, 5.41) is 12.3. The summed E-state index contributed by atoms with van der Waals surface area (Å²) >= 11 is 0. The molecule has 0 aliphatic carbocycles. The molecule has 0 aliphatic rings. The molecule has 1 unspecified atom stereocenters. The van der Waals surface area contributed by atoms with Gasteiger partial charge < -0.3 is 4.90 Å². The Morgan fingerprint density at radius 2 is 1.86 bits per heavy atom. The molecule has 0 N–H and O–H groups in total. The maximum Gasteiger partial charge on any atom is 0.175 e. The average Bonchev–Trinajstić information content (AvgIpc) is 2.85. The van der Waals surface area contributed by atoms with Crippen LogP contribution < -0.4 is 0 Å². The molecule has 1 atom stereocenters. The van der Waals surface area contributed by atoms with Gasteiger partial charge in [-0.2, -0.15) is 4.80 Å². The van der Waals surface area contributed by atoms with Gasteiger partial charge in [-0.05, 0) is 56.9 Å². The first-order valence-corrected chi connectivity index (χ1v) is 8.87. The zero-order chi connectivity index (χ0) is 16.3. The van der Waals surface area contributed by atoms with E-state index in [0.717, 1.165) is 18.5 Å². The maximum atomic E-state index is 11.6. The lowest BCUT2D eigenvalue weighted by Crippen LogP contribution is -2.21. The highest BCUT2D eigenvalue weighted by Gasteiger charge is 2.18. The van der Waals surface area contributed by atoms with Crippen molar-refractivity contribution in [1.29, 1.82) is 0 Å². The summed E-state index contributed by atoms with van der Waals surface area (Å²) in [5.41, 5.74) is 0.964. The predicted molar refractivity (Wildman–Crippen MR) is 83.4 cm³/mol. The Balaban J connectivity index is 2.32. The summed E-state index contributed by atoms with van der Waals surface area (Å²) in [5.74, 6) is 0.614. The number of rotatable bonds is 6. The lowest BCUT2D eigenvalue weighted by molar-refractivity contribution is 0.339. The molecule has 0 amide bonds. The van der Waals surface area contributed by atoms with Crippen molar-refractivity contribution < 1.29 is 8.42 Å². The maximum absolute atomic E-state index is 11.6. The van der Waals surface area contributed by atoms with Gasteiger partial charge in [-0.1, -0.05) is 12.1 Å². The predicted octanol–water partition coefficient (Wildman–Crippen LogP) is 0.926. The van der Waals surface area contributed by atoms with Gasteiger partial charge in [-0.25, -0.2) is 8.42 Å². The molecule has 8 heteroatoms. The molecule has 0 bridgehead atoms. The van der Waals surface area contributed by atoms with Gasteiger partial charge in [0.05, 0.1) is 10.9 Å². The lowest BCUT2D eigenvalue weighted by atomic mass is 10.0. The quantitative estimate of drug-likeness (QED) is 0.786. The molecule has 0 fully saturated rings. The fraction of sp³-hybridized carbons (Fsp3) is 0.500. The molecule has 7 nitrogen and oxygen atoms in total. The molecule has 2 aromatic rings. The number of tetrazole rings is 1. The number of benzene rings is 1. The molecule has 0 spiro atoms. The summed E-state index contributed by atoms with van der Waals surface area (Å²) < 4.78 is 23.1. The highest BCUT2D eigenvalue weighted by atomic mass is 32.2. The topological polar surface area (TPSA) is 81.0 Å². The van der Waals surface area contributed by atoms with Crippen LogP contribution in [0, 0.1) is 6.92 Å². The first-order valence-electron chi connectivity index (χ1n) is 6.98. The van der Waals surface area contributed by atoms with Crippen LogP contribution in [0.4, 0.5) is 0 Å². The monoisotopic (exact) mass is 323 g/mol. The summed E-state index contributed by atoms with van der Waals surface area (Å²) in [7, 11) is 0.817. The van der Waals surface area contributed by atoms with Gasteiger partial charge in [0.15, 0.2) is 15.7 Å². The first-order chi connectivity index (χ1) is 10.3. The van der Waals surface area contributed by atoms with Crippen LogP contribution in [0.2, 0.25) is 0 Å². The van der Waals surface area contributed by atoms with Crippen LogP contribution in [0.15, 0.2) is 29.2 Å². The van der Waals surface area contributed by atoms with Crippen LogP contribution in [-0.2, 0) is 9.84 Å². The number of nitrogens with zero attached hydrogens (tertiary/aromatic N) is 5. The molecular formula is C14H21N5O2S. The van der Waals surface area contributed by atoms with Gasteiger partial charge in [0.1, 0.15) is 0 Å². The Bertz CT molecular complexity index is 722. The van der Waals surface area contributed by atoms with E-state index in [-0.39, 0.29) is 6.04 Å². The van der Waals surface area contributed by atoms with Crippen LogP contribution in [0.1, 0.15) is 23.9 Å². The zero-order valence-corrected chi connectivity index (χ0v) is 14.1. The van der Waals surface area contributed by atoms with E-state index in [0.29, 0.717) is 10.7 Å². The molecule has 1 aromatic heterocycles. The van der Waals surface area contributed by atoms with Gasteiger partial charge in [0.25, 0.3) is 0 Å². The van der Waals surface area contributed by atoms with Gasteiger partial charge in [0.2, 0.25) is 0 Å². The van der Waals surface area contributed by atoms with E-state index in [4.69, 9.17) is 0 Å². The van der Waals surface area contributed by atoms with Crippen molar-refractivity contribution in [2.45, 2.75) is 24.3 Å². The van der Waals surface area contributed by atoms with Gasteiger partial charge in [-0.3, -0.25) is 0 Å². The highest BCUT2D eigenvalue weighted by Crippen LogP contribution is 2.22. The molecule has 0 saturated heterocycles. The van der Waals surface area contributed by atoms with Crippen molar-refractivity contribution in [2.24, 2.45) is 0 Å². The number of hydrogen-bond donors (Lipinski definition) is 0. The summed E-state index contributed by atoms with van der Waals surface area (Å²) in [6.07, 6.45) is 2.01. The average molecular weight is 323 g/mol. The summed E-state index contributed by atoms with van der Waals surface area (Å²) in [4.78, 5) is 3.99. The Morgan fingerprint density at radius 1 is 1.23 bits per heavy atom. The van der Waals surface area contributed by atoms with Crippen molar-refractivity contribution in [3.8, 4) is 0 Å². The zero-order valence-electron chi connectivity index (χ0n) is 13.3.